The largest absolute Gasteiger partial charge is 0.392 e. The minimum atomic E-state index is -0.0478. The Morgan fingerprint density at radius 2 is 2.17 bits per heavy atom. The SMILES string of the molecule is CCN(Cc1nc2c(N)nc3cc(CO)ccc3c2[nH]1)C(C)=O. The molecule has 0 bridgehead atoms. The first-order valence-electron chi connectivity index (χ1n) is 7.46. The van der Waals surface area contributed by atoms with E-state index in [0.717, 1.165) is 16.5 Å². The van der Waals surface area contributed by atoms with Gasteiger partial charge in [-0.3, -0.25) is 4.79 Å². The van der Waals surface area contributed by atoms with Crippen LogP contribution in [0.15, 0.2) is 18.2 Å². The number of fused-ring (bicyclic) bond motifs is 3. The van der Waals surface area contributed by atoms with Gasteiger partial charge in [0.25, 0.3) is 0 Å². The van der Waals surface area contributed by atoms with Crippen LogP contribution in [0.1, 0.15) is 25.2 Å². The number of imidazole rings is 1. The number of hydrogen-bond acceptors (Lipinski definition) is 5. The third-order valence-electron chi connectivity index (χ3n) is 3.92. The first-order valence-corrected chi connectivity index (χ1v) is 7.46. The van der Waals surface area contributed by atoms with Crippen LogP contribution in [-0.2, 0) is 17.9 Å². The molecule has 7 heteroatoms. The monoisotopic (exact) mass is 313 g/mol. The normalized spacial score (nSPS) is 11.3. The summed E-state index contributed by atoms with van der Waals surface area (Å²) in [5.41, 5.74) is 8.89. The van der Waals surface area contributed by atoms with Crippen molar-refractivity contribution in [2.24, 2.45) is 0 Å². The van der Waals surface area contributed by atoms with Gasteiger partial charge >= 0.3 is 0 Å². The molecule has 0 fully saturated rings. The van der Waals surface area contributed by atoms with Gasteiger partial charge in [-0.05, 0) is 18.6 Å². The van der Waals surface area contributed by atoms with Gasteiger partial charge < -0.3 is 20.7 Å². The van der Waals surface area contributed by atoms with Crippen molar-refractivity contribution in [1.29, 1.82) is 0 Å². The van der Waals surface area contributed by atoms with Gasteiger partial charge in [0.05, 0.1) is 24.2 Å². The van der Waals surface area contributed by atoms with Gasteiger partial charge in [-0.25, -0.2) is 9.97 Å². The fourth-order valence-corrected chi connectivity index (χ4v) is 2.67. The number of pyridine rings is 1. The van der Waals surface area contributed by atoms with Crippen molar-refractivity contribution in [3.05, 3.63) is 29.6 Å². The molecule has 0 atom stereocenters. The Kier molecular flexibility index (Phi) is 3.87. The second-order valence-electron chi connectivity index (χ2n) is 5.45. The van der Waals surface area contributed by atoms with E-state index in [2.05, 4.69) is 15.0 Å². The molecule has 23 heavy (non-hydrogen) atoms. The van der Waals surface area contributed by atoms with Crippen LogP contribution in [0, 0.1) is 0 Å². The molecular formula is C16H19N5O2. The maximum Gasteiger partial charge on any atom is 0.219 e. The fraction of sp³-hybridized carbons (Fsp3) is 0.312. The van der Waals surface area contributed by atoms with Crippen molar-refractivity contribution in [3.8, 4) is 0 Å². The number of aromatic nitrogens is 3. The van der Waals surface area contributed by atoms with Gasteiger partial charge in [0.15, 0.2) is 5.82 Å². The summed E-state index contributed by atoms with van der Waals surface area (Å²) in [6.07, 6.45) is 0. The number of carbonyl (C=O) groups excluding carboxylic acids is 1. The highest BCUT2D eigenvalue weighted by molar-refractivity contribution is 6.06. The average molecular weight is 313 g/mol. The zero-order chi connectivity index (χ0) is 16.6. The summed E-state index contributed by atoms with van der Waals surface area (Å²) in [6, 6.07) is 5.54. The molecule has 0 spiro atoms. The molecule has 120 valence electrons. The molecule has 0 saturated carbocycles. The van der Waals surface area contributed by atoms with E-state index in [1.807, 2.05) is 19.1 Å². The molecule has 0 aliphatic heterocycles. The topological polar surface area (TPSA) is 108 Å². The zero-order valence-corrected chi connectivity index (χ0v) is 13.1. The van der Waals surface area contributed by atoms with Crippen molar-refractivity contribution in [2.45, 2.75) is 27.0 Å². The van der Waals surface area contributed by atoms with Crippen molar-refractivity contribution in [3.63, 3.8) is 0 Å². The number of nitrogens with two attached hydrogens (primary N) is 1. The molecule has 1 amide bonds. The number of amides is 1. The Labute approximate surface area is 133 Å². The highest BCUT2D eigenvalue weighted by Gasteiger charge is 2.15. The standard InChI is InChI=1S/C16H19N5O2/c1-3-21(9(2)23)7-13-19-14-11-5-4-10(8-22)6-12(11)18-16(17)15(14)20-13/h4-6,22H,3,7-8H2,1-2H3,(H2,17,18)(H,19,20). The van der Waals surface area contributed by atoms with E-state index >= 15 is 0 Å². The van der Waals surface area contributed by atoms with Crippen LogP contribution in [0.5, 0.6) is 0 Å². The summed E-state index contributed by atoms with van der Waals surface area (Å²) >= 11 is 0. The Morgan fingerprint density at radius 3 is 2.83 bits per heavy atom. The molecule has 0 aliphatic carbocycles. The number of rotatable bonds is 4. The summed E-state index contributed by atoms with van der Waals surface area (Å²) in [5, 5.41) is 10.1. The summed E-state index contributed by atoms with van der Waals surface area (Å²) < 4.78 is 0. The minimum absolute atomic E-state index is 0.00324. The summed E-state index contributed by atoms with van der Waals surface area (Å²) in [6.45, 7) is 4.42. The van der Waals surface area contributed by atoms with E-state index in [9.17, 15) is 9.90 Å². The van der Waals surface area contributed by atoms with E-state index in [0.29, 0.717) is 35.8 Å². The lowest BCUT2D eigenvalue weighted by molar-refractivity contribution is -0.129. The second kappa shape index (κ2) is 5.85. The van der Waals surface area contributed by atoms with Gasteiger partial charge in [-0.1, -0.05) is 12.1 Å². The van der Waals surface area contributed by atoms with Crippen LogP contribution in [0.25, 0.3) is 21.9 Å². The number of hydrogen-bond donors (Lipinski definition) is 3. The van der Waals surface area contributed by atoms with Gasteiger partial charge in [-0.2, -0.15) is 0 Å². The minimum Gasteiger partial charge on any atom is -0.392 e. The molecule has 2 heterocycles. The van der Waals surface area contributed by atoms with Gasteiger partial charge in [-0.15, -0.1) is 0 Å². The van der Waals surface area contributed by atoms with Crippen LogP contribution < -0.4 is 5.73 Å². The maximum atomic E-state index is 11.6. The number of aliphatic hydroxyl groups is 1. The number of aliphatic hydroxyl groups excluding tert-OH is 1. The van der Waals surface area contributed by atoms with Crippen molar-refractivity contribution >= 4 is 33.7 Å². The molecule has 0 radical (unpaired) electrons. The molecular weight excluding hydrogens is 294 g/mol. The maximum absolute atomic E-state index is 11.6. The molecule has 4 N–H and O–H groups in total. The molecule has 3 rings (SSSR count). The van der Waals surface area contributed by atoms with Crippen molar-refractivity contribution < 1.29 is 9.90 Å². The lowest BCUT2D eigenvalue weighted by Crippen LogP contribution is -2.28. The highest BCUT2D eigenvalue weighted by atomic mass is 16.3. The Bertz CT molecular complexity index is 887. The van der Waals surface area contributed by atoms with E-state index in [-0.39, 0.29) is 12.5 Å². The van der Waals surface area contributed by atoms with Crippen LogP contribution in [-0.4, -0.2) is 37.4 Å². The zero-order valence-electron chi connectivity index (χ0n) is 13.1. The number of anilines is 1. The lowest BCUT2D eigenvalue weighted by Gasteiger charge is -2.16. The van der Waals surface area contributed by atoms with E-state index in [1.54, 1.807) is 11.0 Å². The predicted molar refractivity (Wildman–Crippen MR) is 88.5 cm³/mol. The first-order chi connectivity index (χ1) is 11.0. The number of nitrogens with zero attached hydrogens (tertiary/aromatic N) is 3. The van der Waals surface area contributed by atoms with Gasteiger partial charge in [0, 0.05) is 18.9 Å². The third kappa shape index (κ3) is 2.70. The van der Waals surface area contributed by atoms with Crippen LogP contribution in [0.3, 0.4) is 0 Å². The number of aromatic amines is 1. The van der Waals surface area contributed by atoms with E-state index < -0.39 is 0 Å². The summed E-state index contributed by atoms with van der Waals surface area (Å²) in [4.78, 5) is 25.4. The Balaban J connectivity index is 2.13. The second-order valence-corrected chi connectivity index (χ2v) is 5.45. The molecule has 2 aromatic heterocycles. The van der Waals surface area contributed by atoms with Crippen molar-refractivity contribution in [2.75, 3.05) is 12.3 Å². The number of nitrogen functional groups attached to an aromatic ring is 1. The highest BCUT2D eigenvalue weighted by Crippen LogP contribution is 2.27. The predicted octanol–water partition coefficient (Wildman–Crippen LogP) is 1.55. The summed E-state index contributed by atoms with van der Waals surface area (Å²) in [5.74, 6) is 0.997. The average Bonchev–Trinajstić information content (AvgIpc) is 2.96. The Morgan fingerprint density at radius 1 is 1.39 bits per heavy atom. The van der Waals surface area contributed by atoms with E-state index in [1.165, 1.54) is 6.92 Å². The molecule has 1 aromatic carbocycles. The van der Waals surface area contributed by atoms with Crippen LogP contribution in [0.2, 0.25) is 0 Å². The number of nitrogens with one attached hydrogen (secondary N) is 1. The smallest absolute Gasteiger partial charge is 0.219 e. The van der Waals surface area contributed by atoms with Crippen LogP contribution >= 0.6 is 0 Å². The van der Waals surface area contributed by atoms with Gasteiger partial charge in [0.2, 0.25) is 5.91 Å². The molecule has 0 unspecified atom stereocenters. The first kappa shape index (κ1) is 15.2. The molecule has 0 saturated heterocycles. The molecule has 7 nitrogen and oxygen atoms in total. The molecule has 0 aliphatic rings. The quantitative estimate of drug-likeness (QED) is 0.677. The fourth-order valence-electron chi connectivity index (χ4n) is 2.67. The number of H-pyrrole nitrogens is 1. The van der Waals surface area contributed by atoms with Gasteiger partial charge in [0.1, 0.15) is 11.3 Å². The van der Waals surface area contributed by atoms with E-state index in [4.69, 9.17) is 5.73 Å². The summed E-state index contributed by atoms with van der Waals surface area (Å²) in [7, 11) is 0. The number of benzene rings is 1. The third-order valence-corrected chi connectivity index (χ3v) is 3.92. The van der Waals surface area contributed by atoms with Crippen molar-refractivity contribution in [1.82, 2.24) is 19.9 Å². The lowest BCUT2D eigenvalue weighted by atomic mass is 10.1. The number of carbonyl (C=O) groups is 1. The van der Waals surface area contributed by atoms with Crippen LogP contribution in [0.4, 0.5) is 5.82 Å². The Hall–Kier alpha value is -2.67. The molecule has 3 aromatic rings.